The van der Waals surface area contributed by atoms with Crippen molar-refractivity contribution in [1.82, 2.24) is 0 Å². The van der Waals surface area contributed by atoms with Crippen molar-refractivity contribution in [2.45, 2.75) is 19.4 Å². The molecule has 0 saturated heterocycles. The van der Waals surface area contributed by atoms with Crippen LogP contribution in [0.25, 0.3) is 0 Å². The van der Waals surface area contributed by atoms with Crippen LogP contribution in [0.5, 0.6) is 5.75 Å². The molecule has 0 aromatic heterocycles. The number of hydrogen-bond acceptors (Lipinski definition) is 3. The fourth-order valence-corrected chi connectivity index (χ4v) is 1.23. The van der Waals surface area contributed by atoms with Gasteiger partial charge in [0, 0.05) is 0 Å². The molecule has 0 fully saturated rings. The number of hydrogen-bond donors (Lipinski definition) is 2. The molecule has 0 bridgehead atoms. The van der Waals surface area contributed by atoms with E-state index in [1.807, 2.05) is 24.3 Å². The monoisotopic (exact) mass is 208 g/mol. The van der Waals surface area contributed by atoms with Crippen LogP contribution in [0, 0.1) is 0 Å². The molecule has 1 aromatic carbocycles. The van der Waals surface area contributed by atoms with Gasteiger partial charge in [-0.2, -0.15) is 0 Å². The Morgan fingerprint density at radius 2 is 2.13 bits per heavy atom. The second-order valence-electron chi connectivity index (χ2n) is 3.31. The van der Waals surface area contributed by atoms with Crippen LogP contribution in [0.3, 0.4) is 0 Å². The summed E-state index contributed by atoms with van der Waals surface area (Å²) in [6.07, 6.45) is 0.102. The van der Waals surface area contributed by atoms with E-state index in [2.05, 4.69) is 0 Å². The fraction of sp³-hybridized carbons (Fsp3) is 0.364. The third kappa shape index (κ3) is 3.25. The maximum Gasteiger partial charge on any atom is 0.258 e. The summed E-state index contributed by atoms with van der Waals surface area (Å²) in [5.41, 5.74) is 11.6. The van der Waals surface area contributed by atoms with Crippen molar-refractivity contribution < 1.29 is 9.53 Å². The predicted octanol–water partition coefficient (Wildman–Crippen LogP) is 0.440. The molecule has 1 amide bonds. The molecule has 4 N–H and O–H groups in total. The van der Waals surface area contributed by atoms with Gasteiger partial charge >= 0.3 is 0 Å². The minimum atomic E-state index is -0.621. The SMILES string of the molecule is CC(Oc1ccccc1CCN)C(N)=O. The van der Waals surface area contributed by atoms with Gasteiger partial charge in [-0.25, -0.2) is 0 Å². The lowest BCUT2D eigenvalue weighted by Gasteiger charge is -2.14. The molecular formula is C11H16N2O2. The summed E-state index contributed by atoms with van der Waals surface area (Å²) >= 11 is 0. The van der Waals surface area contributed by atoms with E-state index in [4.69, 9.17) is 16.2 Å². The van der Waals surface area contributed by atoms with E-state index in [0.717, 1.165) is 12.0 Å². The molecule has 0 aliphatic rings. The van der Waals surface area contributed by atoms with E-state index < -0.39 is 12.0 Å². The quantitative estimate of drug-likeness (QED) is 0.737. The maximum atomic E-state index is 10.8. The molecule has 4 nitrogen and oxygen atoms in total. The minimum Gasteiger partial charge on any atom is -0.481 e. The van der Waals surface area contributed by atoms with Crippen molar-refractivity contribution in [3.63, 3.8) is 0 Å². The molecule has 1 aromatic rings. The molecule has 0 radical (unpaired) electrons. The topological polar surface area (TPSA) is 78.3 Å². The summed E-state index contributed by atoms with van der Waals surface area (Å²) in [4.78, 5) is 10.8. The Bertz CT molecular complexity index is 339. The van der Waals surface area contributed by atoms with E-state index in [1.54, 1.807) is 6.92 Å². The van der Waals surface area contributed by atoms with Crippen LogP contribution >= 0.6 is 0 Å². The van der Waals surface area contributed by atoms with Gasteiger partial charge in [-0.05, 0) is 31.5 Å². The molecule has 15 heavy (non-hydrogen) atoms. The van der Waals surface area contributed by atoms with Gasteiger partial charge in [0.1, 0.15) is 5.75 Å². The number of ether oxygens (including phenoxy) is 1. The molecular weight excluding hydrogens is 192 g/mol. The van der Waals surface area contributed by atoms with Gasteiger partial charge in [0.15, 0.2) is 6.10 Å². The lowest BCUT2D eigenvalue weighted by molar-refractivity contribution is -0.123. The van der Waals surface area contributed by atoms with Crippen LogP contribution < -0.4 is 16.2 Å². The molecule has 4 heteroatoms. The van der Waals surface area contributed by atoms with Crippen molar-refractivity contribution in [2.24, 2.45) is 11.5 Å². The summed E-state index contributed by atoms with van der Waals surface area (Å²) in [7, 11) is 0. The summed E-state index contributed by atoms with van der Waals surface area (Å²) in [5.74, 6) is 0.201. The smallest absolute Gasteiger partial charge is 0.258 e. The average Bonchev–Trinajstić information content (AvgIpc) is 2.21. The van der Waals surface area contributed by atoms with E-state index in [9.17, 15) is 4.79 Å². The van der Waals surface area contributed by atoms with E-state index in [-0.39, 0.29) is 0 Å². The normalized spacial score (nSPS) is 12.1. The summed E-state index contributed by atoms with van der Waals surface area (Å²) in [6, 6.07) is 7.50. The van der Waals surface area contributed by atoms with E-state index in [0.29, 0.717) is 12.3 Å². The van der Waals surface area contributed by atoms with Gasteiger partial charge in [-0.15, -0.1) is 0 Å². The molecule has 0 saturated carbocycles. The van der Waals surface area contributed by atoms with Crippen LogP contribution in [-0.2, 0) is 11.2 Å². The van der Waals surface area contributed by atoms with Crippen LogP contribution in [0.4, 0.5) is 0 Å². The lowest BCUT2D eigenvalue weighted by Crippen LogP contribution is -2.31. The second kappa shape index (κ2) is 5.36. The van der Waals surface area contributed by atoms with E-state index >= 15 is 0 Å². The Morgan fingerprint density at radius 3 is 2.73 bits per heavy atom. The van der Waals surface area contributed by atoms with Crippen molar-refractivity contribution in [3.05, 3.63) is 29.8 Å². The highest BCUT2D eigenvalue weighted by Crippen LogP contribution is 2.19. The molecule has 0 aliphatic heterocycles. The largest absolute Gasteiger partial charge is 0.481 e. The first-order chi connectivity index (χ1) is 7.15. The minimum absolute atomic E-state index is 0.474. The Balaban J connectivity index is 2.79. The first-order valence-electron chi connectivity index (χ1n) is 4.89. The Kier molecular flexibility index (Phi) is 4.12. The number of benzene rings is 1. The lowest BCUT2D eigenvalue weighted by atomic mass is 10.1. The summed E-state index contributed by atoms with van der Waals surface area (Å²) in [5, 5.41) is 0. The fourth-order valence-electron chi connectivity index (χ4n) is 1.23. The third-order valence-electron chi connectivity index (χ3n) is 2.09. The zero-order chi connectivity index (χ0) is 11.3. The number of rotatable bonds is 5. The zero-order valence-electron chi connectivity index (χ0n) is 8.77. The van der Waals surface area contributed by atoms with Gasteiger partial charge in [-0.3, -0.25) is 4.79 Å². The molecule has 1 atom stereocenters. The van der Waals surface area contributed by atoms with Crippen LogP contribution in [0.1, 0.15) is 12.5 Å². The maximum absolute atomic E-state index is 10.8. The van der Waals surface area contributed by atoms with Crippen molar-refractivity contribution in [3.8, 4) is 5.75 Å². The number of amides is 1. The van der Waals surface area contributed by atoms with Crippen molar-refractivity contribution in [1.29, 1.82) is 0 Å². The molecule has 1 rings (SSSR count). The van der Waals surface area contributed by atoms with Crippen molar-refractivity contribution >= 4 is 5.91 Å². The highest BCUT2D eigenvalue weighted by molar-refractivity contribution is 5.78. The number of carbonyl (C=O) groups is 1. The first-order valence-corrected chi connectivity index (χ1v) is 4.89. The number of nitrogens with two attached hydrogens (primary N) is 2. The summed E-state index contributed by atoms with van der Waals surface area (Å²) < 4.78 is 5.43. The Labute approximate surface area is 89.2 Å². The van der Waals surface area contributed by atoms with Crippen LogP contribution in [0.2, 0.25) is 0 Å². The third-order valence-corrected chi connectivity index (χ3v) is 2.09. The Hall–Kier alpha value is -1.55. The van der Waals surface area contributed by atoms with Crippen LogP contribution in [0.15, 0.2) is 24.3 Å². The molecule has 0 spiro atoms. The van der Waals surface area contributed by atoms with Gasteiger partial charge in [-0.1, -0.05) is 18.2 Å². The number of primary amides is 1. The molecule has 0 heterocycles. The highest BCUT2D eigenvalue weighted by Gasteiger charge is 2.11. The molecule has 0 aliphatic carbocycles. The zero-order valence-corrected chi connectivity index (χ0v) is 8.77. The van der Waals surface area contributed by atoms with E-state index in [1.165, 1.54) is 0 Å². The van der Waals surface area contributed by atoms with Crippen LogP contribution in [-0.4, -0.2) is 18.6 Å². The Morgan fingerprint density at radius 1 is 1.47 bits per heavy atom. The average molecular weight is 208 g/mol. The first kappa shape index (κ1) is 11.5. The molecule has 82 valence electrons. The van der Waals surface area contributed by atoms with Gasteiger partial charge < -0.3 is 16.2 Å². The van der Waals surface area contributed by atoms with Gasteiger partial charge in [0.05, 0.1) is 0 Å². The standard InChI is InChI=1S/C11H16N2O2/c1-8(11(13)14)15-10-5-3-2-4-9(10)6-7-12/h2-5,8H,6-7,12H2,1H3,(H2,13,14). The van der Waals surface area contributed by atoms with Gasteiger partial charge in [0.2, 0.25) is 0 Å². The number of carbonyl (C=O) groups excluding carboxylic acids is 1. The predicted molar refractivity (Wildman–Crippen MR) is 58.5 cm³/mol. The highest BCUT2D eigenvalue weighted by atomic mass is 16.5. The summed E-state index contributed by atoms with van der Waals surface area (Å²) in [6.45, 7) is 2.17. The van der Waals surface area contributed by atoms with Crippen molar-refractivity contribution in [2.75, 3.05) is 6.54 Å². The van der Waals surface area contributed by atoms with Gasteiger partial charge in [0.25, 0.3) is 5.91 Å². The second-order valence-corrected chi connectivity index (χ2v) is 3.31. The molecule has 1 unspecified atom stereocenters. The number of para-hydroxylation sites is 1.